The Bertz CT molecular complexity index is 409. The lowest BCUT2D eigenvalue weighted by molar-refractivity contribution is -0.0392. The van der Waals surface area contributed by atoms with Gasteiger partial charge in [-0.25, -0.2) is 0 Å². The lowest BCUT2D eigenvalue weighted by atomic mass is 10.2. The van der Waals surface area contributed by atoms with Gasteiger partial charge in [0, 0.05) is 32.4 Å². The van der Waals surface area contributed by atoms with Gasteiger partial charge < -0.3 is 10.1 Å². The van der Waals surface area contributed by atoms with Crippen LogP contribution in [0.4, 0.5) is 0 Å². The average molecular weight is 279 g/mol. The van der Waals surface area contributed by atoms with Crippen molar-refractivity contribution >= 4 is 0 Å². The lowest BCUT2D eigenvalue weighted by Gasteiger charge is -2.31. The van der Waals surface area contributed by atoms with Gasteiger partial charge in [-0.15, -0.1) is 5.10 Å². The van der Waals surface area contributed by atoms with Crippen LogP contribution in [0.2, 0.25) is 0 Å². The van der Waals surface area contributed by atoms with Gasteiger partial charge >= 0.3 is 0 Å². The second-order valence-electron chi connectivity index (χ2n) is 5.87. The van der Waals surface area contributed by atoms with E-state index in [1.54, 1.807) is 0 Å². The molecule has 3 heterocycles. The van der Waals surface area contributed by atoms with Crippen molar-refractivity contribution < 1.29 is 4.74 Å². The molecule has 0 saturated carbocycles. The first-order valence-electron chi connectivity index (χ1n) is 7.81. The summed E-state index contributed by atoms with van der Waals surface area (Å²) in [6.07, 6.45) is 6.61. The Morgan fingerprint density at radius 3 is 2.85 bits per heavy atom. The molecule has 2 bridgehead atoms. The van der Waals surface area contributed by atoms with Gasteiger partial charge in [0.05, 0.1) is 24.4 Å². The lowest BCUT2D eigenvalue weighted by Crippen LogP contribution is -2.43. The Kier molecular flexibility index (Phi) is 4.65. The van der Waals surface area contributed by atoms with Gasteiger partial charge in [-0.1, -0.05) is 12.1 Å². The van der Waals surface area contributed by atoms with Gasteiger partial charge in [0.15, 0.2) is 0 Å². The molecule has 6 nitrogen and oxygen atoms in total. The normalized spacial score (nSPS) is 26.2. The Balaban J connectivity index is 1.42. The summed E-state index contributed by atoms with van der Waals surface area (Å²) < 4.78 is 7.81. The van der Waals surface area contributed by atoms with Crippen LogP contribution in [0.25, 0.3) is 0 Å². The molecule has 20 heavy (non-hydrogen) atoms. The molecule has 6 heteroatoms. The third kappa shape index (κ3) is 3.56. The number of hydrogen-bond acceptors (Lipinski definition) is 5. The highest BCUT2D eigenvalue weighted by Crippen LogP contribution is 2.25. The first-order chi connectivity index (χ1) is 9.83. The predicted molar refractivity (Wildman–Crippen MR) is 76.4 cm³/mol. The number of nitrogens with zero attached hydrogens (tertiary/aromatic N) is 4. The molecule has 2 aliphatic rings. The topological polar surface area (TPSA) is 55.2 Å². The standard InChI is InChI=1S/C14H25N5O/c1-2-5-15-8-12-9-19(17-16-12)7-6-18-10-13-3-4-14(11-18)20-13/h9,13-15H,2-8,10-11H2,1H3. The third-order valence-corrected chi connectivity index (χ3v) is 4.08. The molecule has 2 unspecified atom stereocenters. The van der Waals surface area contributed by atoms with Crippen LogP contribution in [0.3, 0.4) is 0 Å². The average Bonchev–Trinajstić information content (AvgIpc) is 3.04. The van der Waals surface area contributed by atoms with Gasteiger partial charge in [0.25, 0.3) is 0 Å². The number of hydrogen-bond donors (Lipinski definition) is 1. The zero-order valence-corrected chi connectivity index (χ0v) is 12.3. The number of likely N-dealkylation sites (tertiary alicyclic amines) is 1. The van der Waals surface area contributed by atoms with Crippen molar-refractivity contribution in [3.05, 3.63) is 11.9 Å². The third-order valence-electron chi connectivity index (χ3n) is 4.08. The molecule has 0 aromatic carbocycles. The molecule has 2 atom stereocenters. The summed E-state index contributed by atoms with van der Waals surface area (Å²) in [6, 6.07) is 0. The Morgan fingerprint density at radius 2 is 2.10 bits per heavy atom. The Hall–Kier alpha value is -0.980. The van der Waals surface area contributed by atoms with Crippen LogP contribution < -0.4 is 5.32 Å². The zero-order chi connectivity index (χ0) is 13.8. The second-order valence-corrected chi connectivity index (χ2v) is 5.87. The summed E-state index contributed by atoms with van der Waals surface area (Å²) in [5, 5.41) is 11.8. The molecule has 0 radical (unpaired) electrons. The van der Waals surface area contributed by atoms with E-state index in [0.717, 1.165) is 51.4 Å². The maximum atomic E-state index is 5.85. The van der Waals surface area contributed by atoms with E-state index >= 15 is 0 Å². The first kappa shape index (κ1) is 14.0. The van der Waals surface area contributed by atoms with Crippen LogP contribution in [0, 0.1) is 0 Å². The molecule has 2 aliphatic heterocycles. The molecule has 1 aromatic heterocycles. The van der Waals surface area contributed by atoms with E-state index in [-0.39, 0.29) is 0 Å². The molecule has 1 N–H and O–H groups in total. The Morgan fingerprint density at radius 1 is 1.30 bits per heavy atom. The molecule has 112 valence electrons. The van der Waals surface area contributed by atoms with Crippen LogP contribution in [-0.4, -0.2) is 58.3 Å². The second kappa shape index (κ2) is 6.65. The minimum Gasteiger partial charge on any atom is -0.372 e. The fourth-order valence-corrected chi connectivity index (χ4v) is 3.05. The first-order valence-corrected chi connectivity index (χ1v) is 7.81. The highest BCUT2D eigenvalue weighted by Gasteiger charge is 2.33. The highest BCUT2D eigenvalue weighted by molar-refractivity contribution is 4.91. The number of fused-ring (bicyclic) bond motifs is 2. The molecule has 3 rings (SSSR count). The van der Waals surface area contributed by atoms with E-state index < -0.39 is 0 Å². The maximum absolute atomic E-state index is 5.85. The highest BCUT2D eigenvalue weighted by atomic mass is 16.5. The molecular weight excluding hydrogens is 254 g/mol. The summed E-state index contributed by atoms with van der Waals surface area (Å²) in [4.78, 5) is 2.50. The van der Waals surface area contributed by atoms with E-state index in [4.69, 9.17) is 4.74 Å². The van der Waals surface area contributed by atoms with Gasteiger partial charge in [0.2, 0.25) is 0 Å². The van der Waals surface area contributed by atoms with E-state index in [1.807, 2.05) is 4.68 Å². The van der Waals surface area contributed by atoms with Crippen molar-refractivity contribution in [1.82, 2.24) is 25.2 Å². The quantitative estimate of drug-likeness (QED) is 0.742. The van der Waals surface area contributed by atoms with Crippen LogP contribution in [0.5, 0.6) is 0 Å². The number of aromatic nitrogens is 3. The van der Waals surface area contributed by atoms with Crippen molar-refractivity contribution in [1.29, 1.82) is 0 Å². The predicted octanol–water partition coefficient (Wildman–Crippen LogP) is 0.641. The largest absolute Gasteiger partial charge is 0.372 e. The van der Waals surface area contributed by atoms with Crippen LogP contribution in [-0.2, 0) is 17.8 Å². The van der Waals surface area contributed by atoms with Gasteiger partial charge in [-0.05, 0) is 25.8 Å². The van der Waals surface area contributed by atoms with Crippen molar-refractivity contribution in [2.24, 2.45) is 0 Å². The number of ether oxygens (including phenoxy) is 1. The minimum absolute atomic E-state index is 0.471. The van der Waals surface area contributed by atoms with Crippen LogP contribution >= 0.6 is 0 Å². The molecule has 0 spiro atoms. The van der Waals surface area contributed by atoms with Crippen molar-refractivity contribution in [3.8, 4) is 0 Å². The van der Waals surface area contributed by atoms with Crippen LogP contribution in [0.15, 0.2) is 6.20 Å². The van der Waals surface area contributed by atoms with Crippen molar-refractivity contribution in [3.63, 3.8) is 0 Å². The van der Waals surface area contributed by atoms with E-state index in [0.29, 0.717) is 12.2 Å². The minimum atomic E-state index is 0.471. The summed E-state index contributed by atoms with van der Waals surface area (Å²) in [7, 11) is 0. The summed E-state index contributed by atoms with van der Waals surface area (Å²) in [5.41, 5.74) is 1.03. The monoisotopic (exact) mass is 279 g/mol. The molecule has 0 amide bonds. The van der Waals surface area contributed by atoms with E-state index in [9.17, 15) is 0 Å². The Labute approximate surface area is 120 Å². The van der Waals surface area contributed by atoms with E-state index in [2.05, 4.69) is 33.6 Å². The van der Waals surface area contributed by atoms with Gasteiger partial charge in [-0.2, -0.15) is 0 Å². The SMILES string of the molecule is CCCNCc1cn(CCN2CC3CCC(C2)O3)nn1. The fraction of sp³-hybridized carbons (Fsp3) is 0.857. The summed E-state index contributed by atoms with van der Waals surface area (Å²) in [6.45, 7) is 8.13. The van der Waals surface area contributed by atoms with Crippen molar-refractivity contribution in [2.45, 2.75) is 51.5 Å². The molecule has 2 fully saturated rings. The van der Waals surface area contributed by atoms with Gasteiger partial charge in [-0.3, -0.25) is 9.58 Å². The summed E-state index contributed by atoms with van der Waals surface area (Å²) >= 11 is 0. The van der Waals surface area contributed by atoms with Crippen LogP contribution in [0.1, 0.15) is 31.9 Å². The fourth-order valence-electron chi connectivity index (χ4n) is 3.05. The smallest absolute Gasteiger partial charge is 0.0964 e. The van der Waals surface area contributed by atoms with E-state index in [1.165, 1.54) is 12.8 Å². The number of nitrogens with one attached hydrogen (secondary N) is 1. The molecule has 0 aliphatic carbocycles. The summed E-state index contributed by atoms with van der Waals surface area (Å²) in [5.74, 6) is 0. The van der Waals surface area contributed by atoms with Crippen molar-refractivity contribution in [2.75, 3.05) is 26.2 Å². The molecular formula is C14H25N5O. The maximum Gasteiger partial charge on any atom is 0.0964 e. The number of rotatable bonds is 7. The molecule has 2 saturated heterocycles. The molecule has 1 aromatic rings. The number of morpholine rings is 1. The zero-order valence-electron chi connectivity index (χ0n) is 12.3. The van der Waals surface area contributed by atoms with Gasteiger partial charge in [0.1, 0.15) is 0 Å².